The number of rotatable bonds is 0. The highest BCUT2D eigenvalue weighted by molar-refractivity contribution is 7.92. The van der Waals surface area contributed by atoms with E-state index in [1.54, 1.807) is 19.1 Å². The minimum atomic E-state index is -3.52. The van der Waals surface area contributed by atoms with Crippen LogP contribution in [0.25, 0.3) is 11.1 Å². The van der Waals surface area contributed by atoms with Crippen LogP contribution in [0.2, 0.25) is 0 Å². The lowest BCUT2D eigenvalue weighted by Crippen LogP contribution is -2.02. The van der Waals surface area contributed by atoms with E-state index in [9.17, 15) is 8.42 Å². The molecule has 0 aromatic heterocycles. The molecule has 4 N–H and O–H groups in total. The third-order valence-electron chi connectivity index (χ3n) is 3.66. The standard InChI is InChI=1S/C14H14N2O2S/c1-7-5-10-9-3-4-11(15)8(2)14(9)19(17,18)13(10)6-12(7)16/h3-6H,15-16H2,1-2H3. The number of nitrogen functional groups attached to an aromatic ring is 2. The van der Waals surface area contributed by atoms with Gasteiger partial charge in [-0.15, -0.1) is 0 Å². The summed E-state index contributed by atoms with van der Waals surface area (Å²) in [6.07, 6.45) is 0. The van der Waals surface area contributed by atoms with Crippen LogP contribution in [-0.4, -0.2) is 8.42 Å². The molecule has 2 aromatic rings. The summed E-state index contributed by atoms with van der Waals surface area (Å²) < 4.78 is 25.2. The van der Waals surface area contributed by atoms with Crippen molar-refractivity contribution in [3.05, 3.63) is 35.4 Å². The van der Waals surface area contributed by atoms with E-state index >= 15 is 0 Å². The Labute approximate surface area is 112 Å². The van der Waals surface area contributed by atoms with E-state index in [0.717, 1.165) is 5.56 Å². The van der Waals surface area contributed by atoms with Crippen molar-refractivity contribution >= 4 is 21.2 Å². The number of sulfone groups is 1. The number of nitrogens with two attached hydrogens (primary N) is 2. The van der Waals surface area contributed by atoms with Crippen LogP contribution >= 0.6 is 0 Å². The summed E-state index contributed by atoms with van der Waals surface area (Å²) in [7, 11) is -3.52. The van der Waals surface area contributed by atoms with Gasteiger partial charge in [-0.05, 0) is 43.2 Å². The normalized spacial score (nSPS) is 15.1. The zero-order valence-corrected chi connectivity index (χ0v) is 11.5. The molecule has 0 bridgehead atoms. The lowest BCUT2D eigenvalue weighted by molar-refractivity contribution is 0.598. The fourth-order valence-electron chi connectivity index (χ4n) is 2.51. The summed E-state index contributed by atoms with van der Waals surface area (Å²) in [5.74, 6) is 0. The van der Waals surface area contributed by atoms with Gasteiger partial charge in [0.1, 0.15) is 0 Å². The van der Waals surface area contributed by atoms with Gasteiger partial charge >= 0.3 is 0 Å². The summed E-state index contributed by atoms with van der Waals surface area (Å²) in [5.41, 5.74) is 15.5. The fourth-order valence-corrected chi connectivity index (χ4v) is 4.46. The van der Waals surface area contributed by atoms with E-state index in [1.807, 2.05) is 13.0 Å². The highest BCUT2D eigenvalue weighted by Crippen LogP contribution is 2.47. The molecule has 0 unspecified atom stereocenters. The Morgan fingerprint density at radius 1 is 0.947 bits per heavy atom. The molecule has 1 aliphatic heterocycles. The lowest BCUT2D eigenvalue weighted by Gasteiger charge is -2.06. The Hall–Kier alpha value is -2.01. The van der Waals surface area contributed by atoms with Crippen molar-refractivity contribution in [1.29, 1.82) is 0 Å². The number of fused-ring (bicyclic) bond motifs is 3. The minimum absolute atomic E-state index is 0.277. The zero-order chi connectivity index (χ0) is 13.9. The van der Waals surface area contributed by atoms with E-state index in [4.69, 9.17) is 11.5 Å². The highest BCUT2D eigenvalue weighted by Gasteiger charge is 2.35. The molecule has 0 amide bonds. The zero-order valence-electron chi connectivity index (χ0n) is 10.7. The van der Waals surface area contributed by atoms with E-state index in [0.29, 0.717) is 33.0 Å². The lowest BCUT2D eigenvalue weighted by atomic mass is 10.0. The Morgan fingerprint density at radius 2 is 1.63 bits per heavy atom. The molecule has 19 heavy (non-hydrogen) atoms. The first-order valence-electron chi connectivity index (χ1n) is 5.88. The average molecular weight is 274 g/mol. The van der Waals surface area contributed by atoms with Crippen LogP contribution in [-0.2, 0) is 9.84 Å². The monoisotopic (exact) mass is 274 g/mol. The first-order valence-corrected chi connectivity index (χ1v) is 7.37. The van der Waals surface area contributed by atoms with Crippen LogP contribution in [0.4, 0.5) is 11.4 Å². The number of hydrogen-bond donors (Lipinski definition) is 2. The Bertz CT molecular complexity index is 824. The predicted molar refractivity (Wildman–Crippen MR) is 75.6 cm³/mol. The first-order chi connectivity index (χ1) is 8.84. The van der Waals surface area contributed by atoms with Gasteiger partial charge in [-0.3, -0.25) is 0 Å². The summed E-state index contributed by atoms with van der Waals surface area (Å²) in [6.45, 7) is 3.60. The largest absolute Gasteiger partial charge is 0.398 e. The van der Waals surface area contributed by atoms with Gasteiger partial charge in [-0.2, -0.15) is 0 Å². The smallest absolute Gasteiger partial charge is 0.208 e. The quantitative estimate of drug-likeness (QED) is 0.616. The minimum Gasteiger partial charge on any atom is -0.398 e. The van der Waals surface area contributed by atoms with Crippen molar-refractivity contribution in [2.75, 3.05) is 11.5 Å². The number of anilines is 2. The molecule has 2 aromatic carbocycles. The molecule has 0 radical (unpaired) electrons. The van der Waals surface area contributed by atoms with E-state index < -0.39 is 9.84 Å². The molecule has 0 saturated heterocycles. The van der Waals surface area contributed by atoms with Gasteiger partial charge in [0, 0.05) is 22.5 Å². The average Bonchev–Trinajstić information content (AvgIpc) is 2.55. The van der Waals surface area contributed by atoms with Crippen molar-refractivity contribution in [2.24, 2.45) is 0 Å². The van der Waals surface area contributed by atoms with Crippen LogP contribution < -0.4 is 11.5 Å². The second-order valence-corrected chi connectivity index (χ2v) is 6.72. The Kier molecular flexibility index (Phi) is 2.23. The maximum atomic E-state index is 12.6. The van der Waals surface area contributed by atoms with Gasteiger partial charge in [0.05, 0.1) is 9.79 Å². The van der Waals surface area contributed by atoms with Crippen molar-refractivity contribution < 1.29 is 8.42 Å². The highest BCUT2D eigenvalue weighted by atomic mass is 32.2. The van der Waals surface area contributed by atoms with Crippen LogP contribution in [0.15, 0.2) is 34.1 Å². The summed E-state index contributed by atoms with van der Waals surface area (Å²) in [4.78, 5) is 0.590. The third kappa shape index (κ3) is 1.42. The molecule has 5 heteroatoms. The summed E-state index contributed by atoms with van der Waals surface area (Å²) in [6, 6.07) is 6.86. The molecule has 4 nitrogen and oxygen atoms in total. The van der Waals surface area contributed by atoms with Gasteiger partial charge in [0.25, 0.3) is 0 Å². The maximum absolute atomic E-state index is 12.6. The molecule has 0 spiro atoms. The fraction of sp³-hybridized carbons (Fsp3) is 0.143. The molecule has 0 aliphatic carbocycles. The topological polar surface area (TPSA) is 86.2 Å². The second-order valence-electron chi connectivity index (χ2n) is 4.86. The molecular formula is C14H14N2O2S. The van der Waals surface area contributed by atoms with Crippen molar-refractivity contribution in [2.45, 2.75) is 23.6 Å². The molecular weight excluding hydrogens is 260 g/mol. The maximum Gasteiger partial charge on any atom is 0.208 e. The molecule has 3 rings (SSSR count). The SMILES string of the molecule is Cc1cc2c(cc1N)S(=O)(=O)c1c-2ccc(N)c1C. The Morgan fingerprint density at radius 3 is 2.32 bits per heavy atom. The van der Waals surface area contributed by atoms with E-state index in [2.05, 4.69) is 0 Å². The van der Waals surface area contributed by atoms with Gasteiger partial charge in [0.15, 0.2) is 0 Å². The van der Waals surface area contributed by atoms with Crippen molar-refractivity contribution in [3.8, 4) is 11.1 Å². The van der Waals surface area contributed by atoms with Gasteiger partial charge in [0.2, 0.25) is 9.84 Å². The molecule has 0 fully saturated rings. The van der Waals surface area contributed by atoms with Crippen molar-refractivity contribution in [3.63, 3.8) is 0 Å². The number of aryl methyl sites for hydroxylation is 1. The number of hydrogen-bond acceptors (Lipinski definition) is 4. The Balaban J connectivity index is 2.51. The predicted octanol–water partition coefficient (Wildman–Crippen LogP) is 2.28. The van der Waals surface area contributed by atoms with Crippen molar-refractivity contribution in [1.82, 2.24) is 0 Å². The van der Waals surface area contributed by atoms with Crippen LogP contribution in [0.5, 0.6) is 0 Å². The molecule has 1 aliphatic rings. The van der Waals surface area contributed by atoms with Gasteiger partial charge < -0.3 is 11.5 Å². The van der Waals surface area contributed by atoms with Gasteiger partial charge in [-0.1, -0.05) is 6.07 Å². The molecule has 98 valence electrons. The molecule has 0 saturated carbocycles. The first kappa shape index (κ1) is 12.0. The summed E-state index contributed by atoms with van der Waals surface area (Å²) >= 11 is 0. The van der Waals surface area contributed by atoms with Crippen LogP contribution in [0.1, 0.15) is 11.1 Å². The number of benzene rings is 2. The summed E-state index contributed by atoms with van der Waals surface area (Å²) in [5, 5.41) is 0. The van der Waals surface area contributed by atoms with Crippen LogP contribution in [0.3, 0.4) is 0 Å². The third-order valence-corrected chi connectivity index (χ3v) is 5.64. The molecule has 1 heterocycles. The van der Waals surface area contributed by atoms with Gasteiger partial charge in [-0.25, -0.2) is 8.42 Å². The second kappa shape index (κ2) is 3.51. The van der Waals surface area contributed by atoms with E-state index in [-0.39, 0.29) is 4.90 Å². The molecule has 0 atom stereocenters. The van der Waals surface area contributed by atoms with E-state index in [1.165, 1.54) is 6.07 Å². The van der Waals surface area contributed by atoms with Crippen LogP contribution in [0, 0.1) is 13.8 Å².